The van der Waals surface area contributed by atoms with Crippen LogP contribution in [0, 0.1) is 35.5 Å². The molecule has 2 aromatic heterocycles. The zero-order valence-corrected chi connectivity index (χ0v) is 26.3. The molecule has 42 heavy (non-hydrogen) atoms. The van der Waals surface area contributed by atoms with Gasteiger partial charge in [-0.3, -0.25) is 9.59 Å². The van der Waals surface area contributed by atoms with Gasteiger partial charge in [0.05, 0.1) is 24.3 Å². The number of ether oxygens (including phenoxy) is 2. The summed E-state index contributed by atoms with van der Waals surface area (Å²) >= 11 is 6.70. The molecule has 10 heteroatoms. The van der Waals surface area contributed by atoms with Crippen molar-refractivity contribution in [2.75, 3.05) is 14.2 Å². The molecular formula is C32H30N2O4S4. The predicted molar refractivity (Wildman–Crippen MR) is 169 cm³/mol. The van der Waals surface area contributed by atoms with E-state index in [9.17, 15) is 9.59 Å². The van der Waals surface area contributed by atoms with Crippen molar-refractivity contribution in [3.63, 3.8) is 0 Å². The van der Waals surface area contributed by atoms with Crippen LogP contribution in [-0.4, -0.2) is 34.7 Å². The molecular weight excluding hydrogens is 605 g/mol. The maximum absolute atomic E-state index is 12.7. The minimum Gasteiger partial charge on any atom is -0.497 e. The van der Waals surface area contributed by atoms with Crippen molar-refractivity contribution >= 4 is 46.2 Å². The van der Waals surface area contributed by atoms with Gasteiger partial charge in [0, 0.05) is 32.1 Å². The van der Waals surface area contributed by atoms with Crippen LogP contribution in [0.4, 0.5) is 0 Å². The summed E-state index contributed by atoms with van der Waals surface area (Å²) in [6.45, 7) is 0. The second-order valence-electron chi connectivity index (χ2n) is 12.4. The monoisotopic (exact) mass is 634 g/mol. The first-order valence-electron chi connectivity index (χ1n) is 14.6. The molecule has 3 aliphatic carbocycles. The van der Waals surface area contributed by atoms with Crippen molar-refractivity contribution in [3.8, 4) is 11.5 Å². The van der Waals surface area contributed by atoms with Crippen LogP contribution in [0.1, 0.15) is 45.6 Å². The molecule has 2 aromatic carbocycles. The van der Waals surface area contributed by atoms with Gasteiger partial charge in [-0.15, -0.1) is 23.5 Å². The van der Waals surface area contributed by atoms with E-state index in [4.69, 9.17) is 9.47 Å². The standard InChI is InChI=1S/C32H30N2O4S4/c1-37-15-7-3-13(4-8-15)21-24-17-11-19(26(24)40-30-27(21)41-32(36)34-30)23-18(17)12-20-25(23)22(14-5-9-16(38-2)10-6-14)28-29(39-20)33-31(35)42-28/h3-10,17-26H,11-12H2,1-2H3,(H,33,35)(H,34,36)/t17-,18-,19-,20-,21-,22+,23-,24-,25+,26+/m0/s1. The summed E-state index contributed by atoms with van der Waals surface area (Å²) in [4.78, 5) is 34.2. The van der Waals surface area contributed by atoms with E-state index < -0.39 is 0 Å². The Morgan fingerprint density at radius 1 is 0.643 bits per heavy atom. The average molecular weight is 635 g/mol. The molecule has 216 valence electrons. The Bertz CT molecular complexity index is 1790. The molecule has 2 N–H and O–H groups in total. The highest BCUT2D eigenvalue weighted by Gasteiger charge is 2.68. The quantitative estimate of drug-likeness (QED) is 0.262. The van der Waals surface area contributed by atoms with Gasteiger partial charge in [0.2, 0.25) is 0 Å². The first kappa shape index (κ1) is 26.0. The zero-order valence-electron chi connectivity index (χ0n) is 23.1. The number of aromatic amines is 2. The maximum atomic E-state index is 12.7. The van der Waals surface area contributed by atoms with E-state index in [1.807, 2.05) is 23.5 Å². The number of rotatable bonds is 4. The fourth-order valence-electron chi connectivity index (χ4n) is 9.56. The van der Waals surface area contributed by atoms with Gasteiger partial charge in [0.1, 0.15) is 11.5 Å². The van der Waals surface area contributed by atoms with Crippen molar-refractivity contribution in [1.82, 2.24) is 9.97 Å². The summed E-state index contributed by atoms with van der Waals surface area (Å²) in [7, 11) is 3.42. The van der Waals surface area contributed by atoms with Crippen molar-refractivity contribution < 1.29 is 9.47 Å². The lowest BCUT2D eigenvalue weighted by Gasteiger charge is -2.46. The Balaban J connectivity index is 1.14. The number of thioether (sulfide) groups is 2. The van der Waals surface area contributed by atoms with Crippen LogP contribution in [0.5, 0.6) is 11.5 Å². The molecule has 9 rings (SSSR count). The fourth-order valence-corrected chi connectivity index (χ4v) is 15.2. The Kier molecular flexibility index (Phi) is 5.92. The first-order chi connectivity index (χ1) is 20.5. The lowest BCUT2D eigenvalue weighted by Crippen LogP contribution is -2.42. The Hall–Kier alpha value is -2.40. The number of H-pyrrole nitrogens is 2. The number of benzene rings is 2. The van der Waals surface area contributed by atoms with E-state index in [0.717, 1.165) is 21.6 Å². The summed E-state index contributed by atoms with van der Waals surface area (Å²) in [5, 5.41) is 3.14. The summed E-state index contributed by atoms with van der Waals surface area (Å²) in [6, 6.07) is 17.1. The van der Waals surface area contributed by atoms with Crippen LogP contribution in [0.25, 0.3) is 0 Å². The summed E-state index contributed by atoms with van der Waals surface area (Å²) in [6.07, 6.45) is 2.47. The Morgan fingerprint density at radius 3 is 1.74 bits per heavy atom. The van der Waals surface area contributed by atoms with Crippen molar-refractivity contribution in [1.29, 1.82) is 0 Å². The first-order valence-corrected chi connectivity index (χ1v) is 18.0. The molecule has 3 fully saturated rings. The number of hydrogen-bond donors (Lipinski definition) is 2. The summed E-state index contributed by atoms with van der Waals surface area (Å²) < 4.78 is 11.0. The SMILES string of the molecule is COc1ccc([C@@H]2c3sc(=O)[nH]c3S[C@@H]3[C@H]4C[C@@H]([C@@H]5C[C@@H]6Sc7[nH]c(=O)sc7[C@H](c7ccc(OC)cc7)[C@@H]6[C@H]45)[C@@H]23)cc1. The minimum atomic E-state index is 0.0506. The molecule has 10 atom stereocenters. The van der Waals surface area contributed by atoms with Gasteiger partial charge >= 0.3 is 9.75 Å². The molecule has 5 aliphatic rings. The van der Waals surface area contributed by atoms with E-state index in [1.165, 1.54) is 56.4 Å². The van der Waals surface area contributed by atoms with Gasteiger partial charge in [-0.2, -0.15) is 0 Å². The van der Waals surface area contributed by atoms with Gasteiger partial charge in [-0.25, -0.2) is 0 Å². The number of hydrogen-bond acceptors (Lipinski definition) is 8. The number of thiazole rings is 2. The van der Waals surface area contributed by atoms with Crippen molar-refractivity contribution in [2.45, 2.75) is 45.2 Å². The predicted octanol–water partition coefficient (Wildman–Crippen LogP) is 6.63. The summed E-state index contributed by atoms with van der Waals surface area (Å²) in [5.74, 6) is 5.70. The number of fused-ring (bicyclic) bond motifs is 12. The second-order valence-corrected chi connectivity index (χ2v) is 16.8. The number of aromatic nitrogens is 2. The van der Waals surface area contributed by atoms with Crippen LogP contribution >= 0.6 is 46.2 Å². The van der Waals surface area contributed by atoms with E-state index in [0.29, 0.717) is 46.0 Å². The van der Waals surface area contributed by atoms with E-state index in [2.05, 4.69) is 58.5 Å². The molecule has 3 saturated carbocycles. The van der Waals surface area contributed by atoms with Crippen LogP contribution in [0.15, 0.2) is 68.2 Å². The van der Waals surface area contributed by atoms with Gasteiger partial charge < -0.3 is 19.4 Å². The van der Waals surface area contributed by atoms with Gasteiger partial charge in [-0.1, -0.05) is 46.9 Å². The summed E-state index contributed by atoms with van der Waals surface area (Å²) in [5.41, 5.74) is 2.59. The molecule has 4 heterocycles. The highest BCUT2D eigenvalue weighted by Crippen LogP contribution is 2.74. The van der Waals surface area contributed by atoms with Gasteiger partial charge in [0.15, 0.2) is 0 Å². The smallest absolute Gasteiger partial charge is 0.305 e. The lowest BCUT2D eigenvalue weighted by atomic mass is 9.65. The highest BCUT2D eigenvalue weighted by atomic mass is 32.2. The highest BCUT2D eigenvalue weighted by molar-refractivity contribution is 8.00. The Morgan fingerprint density at radius 2 is 1.17 bits per heavy atom. The lowest BCUT2D eigenvalue weighted by molar-refractivity contribution is 0.148. The molecule has 2 aliphatic heterocycles. The third-order valence-corrected chi connectivity index (χ3v) is 15.9. The van der Waals surface area contributed by atoms with Crippen molar-refractivity contribution in [2.24, 2.45) is 35.5 Å². The van der Waals surface area contributed by atoms with Gasteiger partial charge in [-0.05, 0) is 83.7 Å². The molecule has 0 spiro atoms. The fraction of sp³-hybridized carbons (Fsp3) is 0.438. The molecule has 0 unspecified atom stereocenters. The zero-order chi connectivity index (χ0) is 28.3. The number of nitrogens with one attached hydrogen (secondary N) is 2. The average Bonchev–Trinajstić information content (AvgIpc) is 3.81. The Labute approximate surface area is 259 Å². The topological polar surface area (TPSA) is 84.2 Å². The van der Waals surface area contributed by atoms with Crippen molar-refractivity contribution in [3.05, 3.63) is 88.7 Å². The molecule has 0 radical (unpaired) electrons. The molecule has 0 saturated heterocycles. The van der Waals surface area contributed by atoms with Crippen LogP contribution in [-0.2, 0) is 0 Å². The third kappa shape index (κ3) is 3.64. The molecule has 0 amide bonds. The third-order valence-electron chi connectivity index (χ3n) is 10.8. The maximum Gasteiger partial charge on any atom is 0.305 e. The normalized spacial score (nSPS) is 35.2. The van der Waals surface area contributed by atoms with E-state index in [-0.39, 0.29) is 21.6 Å². The second kappa shape index (κ2) is 9.55. The van der Waals surface area contributed by atoms with E-state index >= 15 is 0 Å². The molecule has 6 nitrogen and oxygen atoms in total. The van der Waals surface area contributed by atoms with Crippen LogP contribution < -0.4 is 19.2 Å². The molecule has 4 aromatic rings. The number of methoxy groups -OCH3 is 2. The molecule has 2 bridgehead atoms. The van der Waals surface area contributed by atoms with Gasteiger partial charge in [0.25, 0.3) is 0 Å². The van der Waals surface area contributed by atoms with Crippen LogP contribution in [0.2, 0.25) is 0 Å². The largest absolute Gasteiger partial charge is 0.497 e. The van der Waals surface area contributed by atoms with Crippen LogP contribution in [0.3, 0.4) is 0 Å². The minimum absolute atomic E-state index is 0.0506. The van der Waals surface area contributed by atoms with E-state index in [1.54, 1.807) is 14.2 Å².